The van der Waals surface area contributed by atoms with Gasteiger partial charge in [-0.25, -0.2) is 4.98 Å². The summed E-state index contributed by atoms with van der Waals surface area (Å²) in [5, 5.41) is 2.62. The third kappa shape index (κ3) is 4.74. The zero-order valence-corrected chi connectivity index (χ0v) is 14.4. The molecule has 25 heavy (non-hydrogen) atoms. The summed E-state index contributed by atoms with van der Waals surface area (Å²) in [4.78, 5) is 22.5. The Morgan fingerprint density at radius 3 is 2.80 bits per heavy atom. The molecule has 0 spiro atoms. The van der Waals surface area contributed by atoms with E-state index in [9.17, 15) is 4.79 Å². The van der Waals surface area contributed by atoms with Gasteiger partial charge < -0.3 is 14.8 Å². The van der Waals surface area contributed by atoms with Crippen molar-refractivity contribution in [1.82, 2.24) is 20.2 Å². The summed E-state index contributed by atoms with van der Waals surface area (Å²) >= 11 is 0. The van der Waals surface area contributed by atoms with Gasteiger partial charge in [0.2, 0.25) is 11.8 Å². The lowest BCUT2D eigenvalue weighted by molar-refractivity contribution is -0.138. The van der Waals surface area contributed by atoms with Crippen molar-refractivity contribution >= 4 is 5.91 Å². The normalized spacial score (nSPS) is 17.9. The Labute approximate surface area is 147 Å². The molecule has 1 aliphatic rings. The maximum Gasteiger partial charge on any atom is 0.250 e. The Morgan fingerprint density at radius 1 is 1.32 bits per heavy atom. The minimum absolute atomic E-state index is 0.0994. The molecule has 1 N–H and O–H groups in total. The van der Waals surface area contributed by atoms with Gasteiger partial charge in [0.1, 0.15) is 11.9 Å². The number of hydrogen-bond acceptors (Lipinski definition) is 6. The molecule has 1 aromatic carbocycles. The molecule has 1 aliphatic heterocycles. The number of morpholine rings is 1. The lowest BCUT2D eigenvalue weighted by Crippen LogP contribution is -2.48. The quantitative estimate of drug-likeness (QED) is 0.888. The number of aryl methyl sites for hydroxylation is 1. The number of ether oxygens (including phenoxy) is 2. The van der Waals surface area contributed by atoms with Crippen LogP contribution in [-0.4, -0.2) is 53.6 Å². The summed E-state index contributed by atoms with van der Waals surface area (Å²) in [6.07, 6.45) is 2.88. The third-order valence-corrected chi connectivity index (χ3v) is 4.00. The SMILES string of the molecule is CNC(=O)[C@@H]1CN(Cc2cnc(Oc3ccc(C)cc3)cn2)CCO1. The lowest BCUT2D eigenvalue weighted by atomic mass is 10.2. The Bertz CT molecular complexity index is 703. The van der Waals surface area contributed by atoms with E-state index in [-0.39, 0.29) is 5.91 Å². The van der Waals surface area contributed by atoms with Gasteiger partial charge in [0, 0.05) is 26.7 Å². The van der Waals surface area contributed by atoms with E-state index in [0.717, 1.165) is 18.0 Å². The van der Waals surface area contributed by atoms with Crippen LogP contribution in [0.2, 0.25) is 0 Å². The molecule has 1 atom stereocenters. The van der Waals surface area contributed by atoms with Gasteiger partial charge in [-0.3, -0.25) is 14.7 Å². The fraction of sp³-hybridized carbons (Fsp3) is 0.389. The van der Waals surface area contributed by atoms with Gasteiger partial charge in [0.25, 0.3) is 0 Å². The Hall–Kier alpha value is -2.51. The van der Waals surface area contributed by atoms with Crippen molar-refractivity contribution in [1.29, 1.82) is 0 Å². The van der Waals surface area contributed by atoms with Crippen LogP contribution in [0.5, 0.6) is 11.6 Å². The molecular weight excluding hydrogens is 320 g/mol. The molecule has 1 saturated heterocycles. The second-order valence-corrected chi connectivity index (χ2v) is 5.97. The van der Waals surface area contributed by atoms with Crippen molar-refractivity contribution in [2.75, 3.05) is 26.7 Å². The fourth-order valence-corrected chi connectivity index (χ4v) is 2.60. The average Bonchev–Trinajstić information content (AvgIpc) is 2.65. The number of aromatic nitrogens is 2. The van der Waals surface area contributed by atoms with E-state index in [2.05, 4.69) is 20.2 Å². The number of hydrogen-bond donors (Lipinski definition) is 1. The van der Waals surface area contributed by atoms with Crippen molar-refractivity contribution in [2.24, 2.45) is 0 Å². The van der Waals surface area contributed by atoms with E-state index in [0.29, 0.717) is 25.6 Å². The first-order valence-corrected chi connectivity index (χ1v) is 8.25. The van der Waals surface area contributed by atoms with E-state index in [4.69, 9.17) is 9.47 Å². The van der Waals surface area contributed by atoms with Crippen molar-refractivity contribution in [3.05, 3.63) is 47.9 Å². The van der Waals surface area contributed by atoms with Gasteiger partial charge in [-0.1, -0.05) is 17.7 Å². The molecule has 132 valence electrons. The zero-order chi connectivity index (χ0) is 17.6. The summed E-state index contributed by atoms with van der Waals surface area (Å²) in [5.74, 6) is 1.09. The highest BCUT2D eigenvalue weighted by atomic mass is 16.5. The molecule has 7 heteroatoms. The zero-order valence-electron chi connectivity index (χ0n) is 14.4. The van der Waals surface area contributed by atoms with Crippen LogP contribution in [0, 0.1) is 6.92 Å². The molecule has 0 bridgehead atoms. The van der Waals surface area contributed by atoms with E-state index < -0.39 is 6.10 Å². The monoisotopic (exact) mass is 342 g/mol. The summed E-state index contributed by atoms with van der Waals surface area (Å²) in [5.41, 5.74) is 2.00. The number of likely N-dealkylation sites (N-methyl/N-ethyl adjacent to an activating group) is 1. The summed E-state index contributed by atoms with van der Waals surface area (Å²) in [7, 11) is 1.61. The van der Waals surface area contributed by atoms with E-state index in [1.165, 1.54) is 5.56 Å². The second-order valence-electron chi connectivity index (χ2n) is 5.97. The van der Waals surface area contributed by atoms with Crippen molar-refractivity contribution in [3.63, 3.8) is 0 Å². The number of nitrogens with one attached hydrogen (secondary N) is 1. The van der Waals surface area contributed by atoms with Gasteiger partial charge in [-0.05, 0) is 19.1 Å². The summed E-state index contributed by atoms with van der Waals surface area (Å²) < 4.78 is 11.2. The standard InChI is InChI=1S/C18H22N4O3/c1-13-3-5-15(6-4-13)25-17-10-20-14(9-21-17)11-22-7-8-24-16(12-22)18(23)19-2/h3-6,9-10,16H,7-8,11-12H2,1-2H3,(H,19,23)/t16-/m0/s1. The first-order chi connectivity index (χ1) is 12.1. The number of carbonyl (C=O) groups is 1. The minimum Gasteiger partial charge on any atom is -0.438 e. The van der Waals surface area contributed by atoms with E-state index >= 15 is 0 Å². The maximum absolute atomic E-state index is 11.7. The molecular formula is C18H22N4O3. The average molecular weight is 342 g/mol. The van der Waals surface area contributed by atoms with Gasteiger partial charge in [0.15, 0.2) is 0 Å². The van der Waals surface area contributed by atoms with Gasteiger partial charge in [-0.15, -0.1) is 0 Å². The van der Waals surface area contributed by atoms with Crippen molar-refractivity contribution < 1.29 is 14.3 Å². The van der Waals surface area contributed by atoms with Crippen LogP contribution in [0.3, 0.4) is 0 Å². The molecule has 1 fully saturated rings. The lowest BCUT2D eigenvalue weighted by Gasteiger charge is -2.31. The number of benzene rings is 1. The minimum atomic E-state index is -0.434. The Morgan fingerprint density at radius 2 is 2.12 bits per heavy atom. The molecule has 1 aromatic heterocycles. The van der Waals surface area contributed by atoms with E-state index in [1.54, 1.807) is 19.4 Å². The molecule has 7 nitrogen and oxygen atoms in total. The highest BCUT2D eigenvalue weighted by Gasteiger charge is 2.26. The summed E-state index contributed by atoms with van der Waals surface area (Å²) in [6.45, 7) is 4.48. The molecule has 1 amide bonds. The first-order valence-electron chi connectivity index (χ1n) is 8.25. The maximum atomic E-state index is 11.7. The Kier molecular flexibility index (Phi) is 5.57. The van der Waals surface area contributed by atoms with Gasteiger partial charge in [-0.2, -0.15) is 0 Å². The number of amides is 1. The van der Waals surface area contributed by atoms with Crippen LogP contribution in [0.4, 0.5) is 0 Å². The molecule has 0 radical (unpaired) electrons. The molecule has 3 rings (SSSR count). The van der Waals surface area contributed by atoms with Crippen molar-refractivity contribution in [3.8, 4) is 11.6 Å². The van der Waals surface area contributed by atoms with Crippen LogP contribution in [0.15, 0.2) is 36.7 Å². The molecule has 0 unspecified atom stereocenters. The molecule has 2 heterocycles. The van der Waals surface area contributed by atoms with Crippen LogP contribution in [-0.2, 0) is 16.1 Å². The highest BCUT2D eigenvalue weighted by Crippen LogP contribution is 2.19. The largest absolute Gasteiger partial charge is 0.438 e. The molecule has 0 saturated carbocycles. The van der Waals surface area contributed by atoms with Gasteiger partial charge >= 0.3 is 0 Å². The van der Waals surface area contributed by atoms with Gasteiger partial charge in [0.05, 0.1) is 24.7 Å². The third-order valence-electron chi connectivity index (χ3n) is 4.00. The Balaban J connectivity index is 1.57. The first kappa shape index (κ1) is 17.3. The highest BCUT2D eigenvalue weighted by molar-refractivity contribution is 5.80. The van der Waals surface area contributed by atoms with Crippen LogP contribution in [0.1, 0.15) is 11.3 Å². The fourth-order valence-electron chi connectivity index (χ4n) is 2.60. The topological polar surface area (TPSA) is 76.6 Å². The predicted molar refractivity (Wildman–Crippen MR) is 92.4 cm³/mol. The van der Waals surface area contributed by atoms with E-state index in [1.807, 2.05) is 31.2 Å². The summed E-state index contributed by atoms with van der Waals surface area (Å²) in [6, 6.07) is 7.77. The molecule has 0 aliphatic carbocycles. The molecule has 2 aromatic rings. The van der Waals surface area contributed by atoms with Crippen LogP contribution < -0.4 is 10.1 Å². The number of nitrogens with zero attached hydrogens (tertiary/aromatic N) is 3. The van der Waals surface area contributed by atoms with Crippen LogP contribution >= 0.6 is 0 Å². The number of rotatable bonds is 5. The van der Waals surface area contributed by atoms with Crippen LogP contribution in [0.25, 0.3) is 0 Å². The smallest absolute Gasteiger partial charge is 0.250 e. The second kappa shape index (κ2) is 8.04. The van der Waals surface area contributed by atoms with Crippen molar-refractivity contribution in [2.45, 2.75) is 19.6 Å². The predicted octanol–water partition coefficient (Wildman–Crippen LogP) is 1.52. The number of carbonyl (C=O) groups excluding carboxylic acids is 1.